The topological polar surface area (TPSA) is 219 Å². The molecule has 2 fully saturated rings. The van der Waals surface area contributed by atoms with E-state index in [2.05, 4.69) is 15.3 Å². The van der Waals surface area contributed by atoms with Crippen LogP contribution in [0, 0.1) is 0 Å². The van der Waals surface area contributed by atoms with Crippen LogP contribution in [0.25, 0.3) is 0 Å². The number of amides is 1. The van der Waals surface area contributed by atoms with E-state index in [4.69, 9.17) is 34.9 Å². The molecule has 1 unspecified atom stereocenters. The van der Waals surface area contributed by atoms with E-state index >= 15 is 0 Å². The number of anilines is 1. The average molecular weight is 758 g/mol. The number of hydrogen-bond donors (Lipinski definition) is 3. The Bertz CT molecular complexity index is 2160. The third-order valence-electron chi connectivity index (χ3n) is 8.29. The molecule has 0 spiro atoms. The predicted octanol–water partition coefficient (Wildman–Crippen LogP) is 2.51. The second kappa shape index (κ2) is 15.8. The maximum absolute atomic E-state index is 14.8. The number of rotatable bonds is 12. The van der Waals surface area contributed by atoms with Crippen molar-refractivity contribution >= 4 is 36.9 Å². The number of aromatic nitrogens is 4. The van der Waals surface area contributed by atoms with E-state index in [0.717, 1.165) is 22.1 Å². The number of halogens is 1. The van der Waals surface area contributed by atoms with Gasteiger partial charge in [0.05, 0.1) is 24.4 Å². The lowest BCUT2D eigenvalue weighted by atomic mass is 10.1. The number of nitrogens with one attached hydrogen (secondary N) is 2. The third kappa shape index (κ3) is 8.41. The number of benzene rings is 2. The standard InChI is InChI=1S/C33H33ClN5O12P/c1-19(41)48-30-22(38-14-12-28(42)37-33(38)45)17-47-26(30)18-52(46,50-23-10-6-5-9-21(23)34)51-24-15-29(49-25(24)16-40)39-13-11-27(36-32(39)44)35-31(43)20-7-3-2-4-8-20/h2-14,22,24-26,29-30,40H,15-18H2,1H3,(H,37,42,45)(H,35,36,43,44)/t22-,24+,25-,26-,29-,30+,52?/m1/s1. The van der Waals surface area contributed by atoms with Gasteiger partial charge in [-0.2, -0.15) is 4.98 Å². The van der Waals surface area contributed by atoms with Gasteiger partial charge in [-0.15, -0.1) is 0 Å². The van der Waals surface area contributed by atoms with Crippen molar-refractivity contribution in [2.24, 2.45) is 0 Å². The number of ether oxygens (including phenoxy) is 3. The van der Waals surface area contributed by atoms with E-state index in [9.17, 15) is 33.6 Å². The van der Waals surface area contributed by atoms with E-state index in [1.165, 1.54) is 30.6 Å². The van der Waals surface area contributed by atoms with Crippen LogP contribution in [0.15, 0.2) is 93.5 Å². The SMILES string of the molecule is CC(=O)O[C@H]1[C@H](n2ccc(=O)[nH]c2=O)CO[C@@H]1CP(=O)(Oc1ccccc1Cl)O[C@H]1C[C@H](n2ccc(NC(=O)c3ccccc3)nc2=O)O[C@@H]1CO. The van der Waals surface area contributed by atoms with E-state index < -0.39 is 85.9 Å². The molecule has 2 aliphatic rings. The molecule has 7 atom stereocenters. The fourth-order valence-electron chi connectivity index (χ4n) is 5.91. The quantitative estimate of drug-likeness (QED) is 0.140. The summed E-state index contributed by atoms with van der Waals surface area (Å²) in [5.41, 5.74) is -1.83. The van der Waals surface area contributed by atoms with Gasteiger partial charge >= 0.3 is 24.9 Å². The first-order valence-corrected chi connectivity index (χ1v) is 18.1. The third-order valence-corrected chi connectivity index (χ3v) is 10.5. The van der Waals surface area contributed by atoms with Gasteiger partial charge in [0.25, 0.3) is 11.5 Å². The van der Waals surface area contributed by atoms with Gasteiger partial charge in [0.15, 0.2) is 6.10 Å². The Morgan fingerprint density at radius 3 is 2.46 bits per heavy atom. The molecule has 0 saturated carbocycles. The summed E-state index contributed by atoms with van der Waals surface area (Å²) < 4.78 is 46.5. The van der Waals surface area contributed by atoms with Crippen molar-refractivity contribution in [3.63, 3.8) is 0 Å². The highest BCUT2D eigenvalue weighted by Crippen LogP contribution is 2.55. The lowest BCUT2D eigenvalue weighted by molar-refractivity contribution is -0.150. The average Bonchev–Trinajstić information content (AvgIpc) is 3.68. The lowest BCUT2D eigenvalue weighted by Crippen LogP contribution is -2.40. The van der Waals surface area contributed by atoms with Crippen molar-refractivity contribution in [3.8, 4) is 5.75 Å². The number of aliphatic hydroxyl groups excluding tert-OH is 1. The van der Waals surface area contributed by atoms with Gasteiger partial charge in [-0.3, -0.25) is 33.0 Å². The van der Waals surface area contributed by atoms with E-state index in [0.29, 0.717) is 5.56 Å². The highest BCUT2D eigenvalue weighted by atomic mass is 35.5. The summed E-state index contributed by atoms with van der Waals surface area (Å²) in [5.74, 6) is -1.20. The van der Waals surface area contributed by atoms with Crippen LogP contribution in [0.3, 0.4) is 0 Å². The monoisotopic (exact) mass is 757 g/mol. The van der Waals surface area contributed by atoms with E-state index in [1.807, 2.05) is 0 Å². The van der Waals surface area contributed by atoms with Gasteiger partial charge in [-0.05, 0) is 30.3 Å². The van der Waals surface area contributed by atoms with Crippen molar-refractivity contribution in [2.75, 3.05) is 24.7 Å². The number of hydrogen-bond acceptors (Lipinski definition) is 13. The number of aromatic amines is 1. The van der Waals surface area contributed by atoms with Crippen molar-refractivity contribution in [3.05, 3.63) is 121 Å². The van der Waals surface area contributed by atoms with Crippen LogP contribution >= 0.6 is 19.2 Å². The molecule has 52 heavy (non-hydrogen) atoms. The van der Waals surface area contributed by atoms with Crippen molar-refractivity contribution < 1.29 is 42.5 Å². The maximum atomic E-state index is 14.8. The summed E-state index contributed by atoms with van der Waals surface area (Å²) in [6.45, 7) is 0.376. The van der Waals surface area contributed by atoms with Gasteiger partial charge in [-0.1, -0.05) is 41.9 Å². The van der Waals surface area contributed by atoms with Crippen molar-refractivity contribution in [1.82, 2.24) is 19.1 Å². The van der Waals surface area contributed by atoms with Gasteiger partial charge in [0.2, 0.25) is 0 Å². The maximum Gasteiger partial charge on any atom is 0.382 e. The Labute approximate surface area is 299 Å². The van der Waals surface area contributed by atoms with Crippen LogP contribution in [0.2, 0.25) is 5.02 Å². The molecule has 0 aliphatic carbocycles. The van der Waals surface area contributed by atoms with Crippen LogP contribution in [0.5, 0.6) is 5.75 Å². The normalized spacial score (nSPS) is 23.8. The summed E-state index contributed by atoms with van der Waals surface area (Å²) in [4.78, 5) is 68.2. The molecule has 274 valence electrons. The Hall–Kier alpha value is -4.90. The summed E-state index contributed by atoms with van der Waals surface area (Å²) in [7, 11) is -4.41. The van der Waals surface area contributed by atoms with Crippen LogP contribution in [0.1, 0.15) is 36.0 Å². The summed E-state index contributed by atoms with van der Waals surface area (Å²) >= 11 is 6.34. The first-order valence-electron chi connectivity index (χ1n) is 16.0. The molecule has 19 heteroatoms. The van der Waals surface area contributed by atoms with Crippen LogP contribution in [-0.4, -0.2) is 79.9 Å². The minimum Gasteiger partial charge on any atom is -0.457 e. The van der Waals surface area contributed by atoms with Crippen molar-refractivity contribution in [1.29, 1.82) is 0 Å². The second-order valence-electron chi connectivity index (χ2n) is 11.9. The first-order chi connectivity index (χ1) is 24.9. The number of H-pyrrole nitrogens is 1. The van der Waals surface area contributed by atoms with Gasteiger partial charge < -0.3 is 29.2 Å². The lowest BCUT2D eigenvalue weighted by Gasteiger charge is -2.29. The van der Waals surface area contributed by atoms with Crippen molar-refractivity contribution in [2.45, 2.75) is 50.0 Å². The van der Waals surface area contributed by atoms with E-state index in [-0.39, 0.29) is 29.6 Å². The minimum atomic E-state index is -4.41. The molecule has 17 nitrogen and oxygen atoms in total. The zero-order valence-electron chi connectivity index (χ0n) is 27.4. The number of nitrogens with zero attached hydrogens (tertiary/aromatic N) is 3. The number of para-hydroxylation sites is 1. The molecule has 2 aromatic carbocycles. The van der Waals surface area contributed by atoms with E-state index in [1.54, 1.807) is 42.5 Å². The summed E-state index contributed by atoms with van der Waals surface area (Å²) in [5, 5.41) is 12.9. The molecule has 3 N–H and O–H groups in total. The van der Waals surface area contributed by atoms with Crippen LogP contribution < -0.4 is 26.8 Å². The molecule has 2 aliphatic heterocycles. The molecular weight excluding hydrogens is 725 g/mol. The second-order valence-corrected chi connectivity index (χ2v) is 14.2. The van der Waals surface area contributed by atoms with Gasteiger partial charge in [0.1, 0.15) is 42.1 Å². The summed E-state index contributed by atoms with van der Waals surface area (Å²) in [6.07, 6.45) is -3.65. The molecule has 2 saturated heterocycles. The largest absolute Gasteiger partial charge is 0.457 e. The van der Waals surface area contributed by atoms with Gasteiger partial charge in [0, 0.05) is 37.4 Å². The molecule has 0 bridgehead atoms. The number of carbonyl (C=O) groups excluding carboxylic acids is 2. The number of esters is 1. The molecule has 1 amide bonds. The Morgan fingerprint density at radius 1 is 1.04 bits per heavy atom. The van der Waals surface area contributed by atoms with Gasteiger partial charge in [-0.25, -0.2) is 14.2 Å². The zero-order chi connectivity index (χ0) is 37.0. The van der Waals surface area contributed by atoms with Crippen LogP contribution in [-0.2, 0) is 28.1 Å². The highest BCUT2D eigenvalue weighted by Gasteiger charge is 2.49. The molecule has 6 rings (SSSR count). The zero-order valence-corrected chi connectivity index (χ0v) is 29.1. The first kappa shape index (κ1) is 36.9. The fraction of sp³-hybridized carbons (Fsp3) is 0.333. The smallest absolute Gasteiger partial charge is 0.382 e. The van der Waals surface area contributed by atoms with Crippen LogP contribution in [0.4, 0.5) is 5.82 Å². The Morgan fingerprint density at radius 2 is 1.77 bits per heavy atom. The Balaban J connectivity index is 1.24. The molecule has 2 aromatic heterocycles. The molecule has 4 aromatic rings. The molecule has 0 radical (unpaired) electrons. The number of carbonyl (C=O) groups is 2. The fourth-order valence-corrected chi connectivity index (χ4v) is 8.19. The molecule has 4 heterocycles. The number of aliphatic hydroxyl groups is 1. The summed E-state index contributed by atoms with van der Waals surface area (Å²) in [6, 6.07) is 16.1. The minimum absolute atomic E-state index is 0.00132. The Kier molecular flexibility index (Phi) is 11.2. The molecular formula is C33H33ClN5O12P. The highest BCUT2D eigenvalue weighted by molar-refractivity contribution is 7.54. The predicted molar refractivity (Wildman–Crippen MR) is 184 cm³/mol.